The largest absolute Gasteiger partial charge is 0.448 e. The summed E-state index contributed by atoms with van der Waals surface area (Å²) in [6.45, 7) is 1.21. The predicted octanol–water partition coefficient (Wildman–Crippen LogP) is 0.778. The van der Waals surface area contributed by atoms with Crippen LogP contribution in [-0.2, 0) is 0 Å². The van der Waals surface area contributed by atoms with E-state index >= 15 is 0 Å². The molecule has 0 spiro atoms. The van der Waals surface area contributed by atoms with E-state index < -0.39 is 0 Å². The first-order valence-electron chi connectivity index (χ1n) is 6.46. The van der Waals surface area contributed by atoms with Gasteiger partial charge in [0.25, 0.3) is 5.91 Å². The van der Waals surface area contributed by atoms with Crippen molar-refractivity contribution in [3.05, 3.63) is 46.5 Å². The number of carbonyl (C=O) groups is 1. The second kappa shape index (κ2) is 5.28. The van der Waals surface area contributed by atoms with Gasteiger partial charge in [-0.1, -0.05) is 0 Å². The van der Waals surface area contributed by atoms with Gasteiger partial charge in [-0.2, -0.15) is 5.10 Å². The summed E-state index contributed by atoms with van der Waals surface area (Å²) in [5, 5.41) is 6.12. The molecule has 3 heterocycles. The SMILES string of the molecule is O=C(c1c[nH]ncc1=O)N1CCC(c2cnco2)CC1. The average Bonchev–Trinajstić information content (AvgIpc) is 3.01. The minimum atomic E-state index is -0.355. The number of hydrogen-bond donors (Lipinski definition) is 1. The molecule has 7 heteroatoms. The zero-order valence-corrected chi connectivity index (χ0v) is 10.8. The Bertz CT molecular complexity index is 642. The lowest BCUT2D eigenvalue weighted by atomic mass is 9.94. The lowest BCUT2D eigenvalue weighted by molar-refractivity contribution is 0.0706. The molecule has 0 radical (unpaired) electrons. The van der Waals surface area contributed by atoms with Crippen molar-refractivity contribution in [3.63, 3.8) is 0 Å². The van der Waals surface area contributed by atoms with Gasteiger partial charge >= 0.3 is 0 Å². The van der Waals surface area contributed by atoms with E-state index in [0.717, 1.165) is 24.8 Å². The third-order valence-electron chi connectivity index (χ3n) is 3.60. The lowest BCUT2D eigenvalue weighted by Crippen LogP contribution is -2.39. The van der Waals surface area contributed by atoms with Gasteiger partial charge in [0, 0.05) is 25.2 Å². The maximum absolute atomic E-state index is 12.3. The molecule has 2 aromatic heterocycles. The number of piperidine rings is 1. The van der Waals surface area contributed by atoms with Gasteiger partial charge in [0.05, 0.1) is 12.4 Å². The van der Waals surface area contributed by atoms with Gasteiger partial charge in [0.15, 0.2) is 6.39 Å². The number of amides is 1. The molecule has 0 unspecified atom stereocenters. The van der Waals surface area contributed by atoms with Crippen LogP contribution in [0.2, 0.25) is 0 Å². The molecule has 20 heavy (non-hydrogen) atoms. The number of oxazole rings is 1. The van der Waals surface area contributed by atoms with Gasteiger partial charge in [-0.15, -0.1) is 0 Å². The molecule has 1 N–H and O–H groups in total. The first-order valence-corrected chi connectivity index (χ1v) is 6.46. The summed E-state index contributed by atoms with van der Waals surface area (Å²) in [5.41, 5.74) is -0.218. The van der Waals surface area contributed by atoms with Crippen LogP contribution in [0.1, 0.15) is 34.9 Å². The monoisotopic (exact) mass is 274 g/mol. The summed E-state index contributed by atoms with van der Waals surface area (Å²) < 4.78 is 5.29. The van der Waals surface area contributed by atoms with Crippen LogP contribution in [0.3, 0.4) is 0 Å². The van der Waals surface area contributed by atoms with Crippen molar-refractivity contribution in [1.29, 1.82) is 0 Å². The van der Waals surface area contributed by atoms with Gasteiger partial charge in [-0.25, -0.2) is 4.98 Å². The van der Waals surface area contributed by atoms with Gasteiger partial charge in [0.1, 0.15) is 11.3 Å². The van der Waals surface area contributed by atoms with Crippen molar-refractivity contribution in [3.8, 4) is 0 Å². The molecule has 0 saturated carbocycles. The van der Waals surface area contributed by atoms with Gasteiger partial charge in [-0.05, 0) is 12.8 Å². The highest BCUT2D eigenvalue weighted by atomic mass is 16.3. The van der Waals surface area contributed by atoms with Crippen LogP contribution in [0.4, 0.5) is 0 Å². The second-order valence-electron chi connectivity index (χ2n) is 4.78. The average molecular weight is 274 g/mol. The maximum Gasteiger partial charge on any atom is 0.259 e. The van der Waals surface area contributed by atoms with Crippen molar-refractivity contribution < 1.29 is 9.21 Å². The van der Waals surface area contributed by atoms with Crippen LogP contribution in [-0.4, -0.2) is 39.1 Å². The molecule has 0 aliphatic carbocycles. The molecule has 104 valence electrons. The van der Waals surface area contributed by atoms with E-state index in [0.29, 0.717) is 13.1 Å². The van der Waals surface area contributed by atoms with Crippen molar-refractivity contribution in [2.24, 2.45) is 0 Å². The van der Waals surface area contributed by atoms with Crippen LogP contribution in [0.15, 0.2) is 34.2 Å². The third kappa shape index (κ3) is 2.34. The van der Waals surface area contributed by atoms with Crippen molar-refractivity contribution in [2.75, 3.05) is 13.1 Å². The number of carbonyl (C=O) groups excluding carboxylic acids is 1. The summed E-state index contributed by atoms with van der Waals surface area (Å²) in [4.78, 5) is 29.5. The van der Waals surface area contributed by atoms with Gasteiger partial charge in [0.2, 0.25) is 5.43 Å². The molecule has 1 aliphatic heterocycles. The summed E-state index contributed by atoms with van der Waals surface area (Å²) in [6.07, 6.45) is 7.23. The molecular formula is C13H14N4O3. The molecule has 0 atom stereocenters. The van der Waals surface area contributed by atoms with Crippen LogP contribution in [0, 0.1) is 0 Å². The Balaban J connectivity index is 1.68. The Morgan fingerprint density at radius 3 is 2.80 bits per heavy atom. The smallest absolute Gasteiger partial charge is 0.259 e. The summed E-state index contributed by atoms with van der Waals surface area (Å²) >= 11 is 0. The van der Waals surface area contributed by atoms with E-state index in [9.17, 15) is 9.59 Å². The highest BCUT2D eigenvalue weighted by Crippen LogP contribution is 2.27. The fourth-order valence-corrected chi connectivity index (χ4v) is 2.47. The summed E-state index contributed by atoms with van der Waals surface area (Å²) in [7, 11) is 0. The second-order valence-corrected chi connectivity index (χ2v) is 4.78. The van der Waals surface area contributed by atoms with E-state index in [-0.39, 0.29) is 22.8 Å². The molecule has 3 rings (SSSR count). The van der Waals surface area contributed by atoms with E-state index in [4.69, 9.17) is 4.42 Å². The van der Waals surface area contributed by atoms with E-state index in [1.54, 1.807) is 11.1 Å². The van der Waals surface area contributed by atoms with Crippen LogP contribution in [0.25, 0.3) is 0 Å². The number of likely N-dealkylation sites (tertiary alicyclic amines) is 1. The van der Waals surface area contributed by atoms with E-state index in [2.05, 4.69) is 15.2 Å². The van der Waals surface area contributed by atoms with Crippen LogP contribution >= 0.6 is 0 Å². The third-order valence-corrected chi connectivity index (χ3v) is 3.60. The Hall–Kier alpha value is -2.44. The quantitative estimate of drug-likeness (QED) is 0.873. The topological polar surface area (TPSA) is 92.1 Å². The molecular weight excluding hydrogens is 260 g/mol. The highest BCUT2D eigenvalue weighted by molar-refractivity contribution is 5.93. The van der Waals surface area contributed by atoms with Gasteiger partial charge in [-0.3, -0.25) is 14.7 Å². The molecule has 2 aromatic rings. The minimum absolute atomic E-state index is 0.137. The molecule has 0 bridgehead atoms. The summed E-state index contributed by atoms with van der Waals surface area (Å²) in [5.74, 6) is 0.904. The number of nitrogens with one attached hydrogen (secondary N) is 1. The number of nitrogens with zero attached hydrogens (tertiary/aromatic N) is 3. The zero-order valence-electron chi connectivity index (χ0n) is 10.8. The van der Waals surface area contributed by atoms with Crippen molar-refractivity contribution >= 4 is 5.91 Å². The first kappa shape index (κ1) is 12.6. The number of aromatic nitrogens is 3. The Labute approximate surface area is 114 Å². The number of hydrogen-bond acceptors (Lipinski definition) is 5. The molecule has 1 amide bonds. The lowest BCUT2D eigenvalue weighted by Gasteiger charge is -2.30. The standard InChI is InChI=1S/C13H14N4O3/c18-11-6-16-15-5-10(11)13(19)17-3-1-9(2-4-17)12-7-14-8-20-12/h5-9H,1-4H2,(H,15,18). The predicted molar refractivity (Wildman–Crippen MR) is 69.2 cm³/mol. The molecule has 1 aliphatic rings. The van der Waals surface area contributed by atoms with Crippen molar-refractivity contribution in [1.82, 2.24) is 20.1 Å². The van der Waals surface area contributed by atoms with Crippen molar-refractivity contribution in [2.45, 2.75) is 18.8 Å². The fourth-order valence-electron chi connectivity index (χ4n) is 2.47. The summed E-state index contributed by atoms with van der Waals surface area (Å²) in [6, 6.07) is 0. The maximum atomic E-state index is 12.3. The Morgan fingerprint density at radius 1 is 1.35 bits per heavy atom. The molecule has 0 aromatic carbocycles. The zero-order chi connectivity index (χ0) is 13.9. The van der Waals surface area contributed by atoms with Gasteiger partial charge < -0.3 is 9.32 Å². The first-order chi connectivity index (χ1) is 9.75. The fraction of sp³-hybridized carbons (Fsp3) is 0.385. The highest BCUT2D eigenvalue weighted by Gasteiger charge is 2.27. The molecule has 1 saturated heterocycles. The van der Waals surface area contributed by atoms with Crippen LogP contribution in [0.5, 0.6) is 0 Å². The normalized spacial score (nSPS) is 16.3. The minimum Gasteiger partial charge on any atom is -0.448 e. The van der Waals surface area contributed by atoms with E-state index in [1.165, 1.54) is 12.6 Å². The molecule has 1 fully saturated rings. The molecule has 7 nitrogen and oxygen atoms in total. The van der Waals surface area contributed by atoms with E-state index in [1.807, 2.05) is 0 Å². The Kier molecular flexibility index (Phi) is 3.32. The number of aromatic amines is 1. The van der Waals surface area contributed by atoms with Crippen LogP contribution < -0.4 is 5.43 Å². The number of H-pyrrole nitrogens is 1. The Morgan fingerprint density at radius 2 is 2.15 bits per heavy atom. The number of rotatable bonds is 2.